The molecule has 0 aromatic carbocycles. The molecule has 0 spiro atoms. The summed E-state index contributed by atoms with van der Waals surface area (Å²) >= 11 is 3.48. The number of nitrogens with zero attached hydrogens (tertiary/aromatic N) is 2. The zero-order valence-corrected chi connectivity index (χ0v) is 13.6. The van der Waals surface area contributed by atoms with Crippen LogP contribution in [0.3, 0.4) is 0 Å². The van der Waals surface area contributed by atoms with Gasteiger partial charge in [-0.2, -0.15) is 11.8 Å². The number of hydrogen-bond acceptors (Lipinski definition) is 5. The van der Waals surface area contributed by atoms with E-state index in [4.69, 9.17) is 4.98 Å². The summed E-state index contributed by atoms with van der Waals surface area (Å²) in [6.45, 7) is 7.52. The SMILES string of the molecule is CSCCCN(C)c1nc(C(C)(C)C)c(CO)s1. The first-order valence-electron chi connectivity index (χ1n) is 6.21. The number of rotatable bonds is 6. The lowest BCUT2D eigenvalue weighted by atomic mass is 9.91. The van der Waals surface area contributed by atoms with Gasteiger partial charge in [0.1, 0.15) is 0 Å². The number of hydrogen-bond donors (Lipinski definition) is 1. The van der Waals surface area contributed by atoms with Gasteiger partial charge in [-0.3, -0.25) is 0 Å². The molecule has 18 heavy (non-hydrogen) atoms. The maximum Gasteiger partial charge on any atom is 0.185 e. The molecular weight excluding hydrogens is 264 g/mol. The summed E-state index contributed by atoms with van der Waals surface area (Å²) in [7, 11) is 2.08. The average molecular weight is 288 g/mol. The summed E-state index contributed by atoms with van der Waals surface area (Å²) in [6.07, 6.45) is 3.29. The largest absolute Gasteiger partial charge is 0.391 e. The molecule has 0 saturated carbocycles. The standard InChI is InChI=1S/C13H24N2OS2/c1-13(2,3)11-10(9-16)18-12(14-11)15(4)7-6-8-17-5/h16H,6-9H2,1-5H3. The smallest absolute Gasteiger partial charge is 0.185 e. The van der Waals surface area contributed by atoms with Crippen molar-refractivity contribution in [1.82, 2.24) is 4.98 Å². The van der Waals surface area contributed by atoms with E-state index in [9.17, 15) is 5.11 Å². The third-order valence-electron chi connectivity index (χ3n) is 2.71. The molecule has 0 amide bonds. The van der Waals surface area contributed by atoms with Gasteiger partial charge in [0.2, 0.25) is 0 Å². The predicted octanol–water partition coefficient (Wildman–Crippen LogP) is 3.12. The van der Waals surface area contributed by atoms with Crippen molar-refractivity contribution < 1.29 is 5.11 Å². The van der Waals surface area contributed by atoms with Crippen molar-refractivity contribution in [3.63, 3.8) is 0 Å². The van der Waals surface area contributed by atoms with Crippen molar-refractivity contribution in [2.45, 2.75) is 39.2 Å². The highest BCUT2D eigenvalue weighted by atomic mass is 32.2. The second-order valence-corrected chi connectivity index (χ2v) is 7.49. The minimum atomic E-state index is -0.00702. The Balaban J connectivity index is 2.81. The van der Waals surface area contributed by atoms with Gasteiger partial charge in [-0.1, -0.05) is 32.1 Å². The van der Waals surface area contributed by atoms with E-state index >= 15 is 0 Å². The van der Waals surface area contributed by atoms with Crippen LogP contribution in [0.2, 0.25) is 0 Å². The van der Waals surface area contributed by atoms with Crippen molar-refractivity contribution in [1.29, 1.82) is 0 Å². The lowest BCUT2D eigenvalue weighted by Crippen LogP contribution is -2.20. The highest BCUT2D eigenvalue weighted by Crippen LogP contribution is 2.33. The van der Waals surface area contributed by atoms with Crippen molar-refractivity contribution in [2.75, 3.05) is 30.5 Å². The average Bonchev–Trinajstić information content (AvgIpc) is 2.73. The van der Waals surface area contributed by atoms with Crippen LogP contribution in [-0.2, 0) is 12.0 Å². The quantitative estimate of drug-likeness (QED) is 0.816. The normalized spacial score (nSPS) is 11.9. The second kappa shape index (κ2) is 6.78. The van der Waals surface area contributed by atoms with Crippen LogP contribution >= 0.6 is 23.1 Å². The van der Waals surface area contributed by atoms with Crippen LogP contribution in [0.15, 0.2) is 0 Å². The molecule has 0 radical (unpaired) electrons. The first-order valence-corrected chi connectivity index (χ1v) is 8.42. The van der Waals surface area contributed by atoms with Gasteiger partial charge < -0.3 is 10.0 Å². The van der Waals surface area contributed by atoms with Crippen LogP contribution in [0.4, 0.5) is 5.13 Å². The first kappa shape index (κ1) is 15.8. The fourth-order valence-corrected chi connectivity index (χ4v) is 3.27. The van der Waals surface area contributed by atoms with E-state index in [1.54, 1.807) is 11.3 Å². The Bertz CT molecular complexity index is 372. The van der Waals surface area contributed by atoms with Crippen LogP contribution in [0.5, 0.6) is 0 Å². The predicted molar refractivity (Wildman–Crippen MR) is 83.0 cm³/mol. The van der Waals surface area contributed by atoms with Gasteiger partial charge >= 0.3 is 0 Å². The van der Waals surface area contributed by atoms with Gasteiger partial charge in [-0.15, -0.1) is 0 Å². The molecule has 104 valence electrons. The lowest BCUT2D eigenvalue weighted by Gasteiger charge is -2.18. The van der Waals surface area contributed by atoms with Crippen LogP contribution in [-0.4, -0.2) is 35.7 Å². The molecule has 0 aliphatic carbocycles. The van der Waals surface area contributed by atoms with E-state index < -0.39 is 0 Å². The van der Waals surface area contributed by atoms with E-state index in [2.05, 4.69) is 39.0 Å². The second-order valence-electron chi connectivity index (χ2n) is 5.44. The maximum absolute atomic E-state index is 9.44. The van der Waals surface area contributed by atoms with Crippen molar-refractivity contribution >= 4 is 28.2 Å². The fourth-order valence-electron chi connectivity index (χ4n) is 1.74. The molecule has 0 aliphatic rings. The lowest BCUT2D eigenvalue weighted by molar-refractivity contribution is 0.282. The molecule has 1 aromatic rings. The van der Waals surface area contributed by atoms with Gasteiger partial charge in [0.15, 0.2) is 5.13 Å². The van der Waals surface area contributed by atoms with Crippen LogP contribution in [0, 0.1) is 0 Å². The van der Waals surface area contributed by atoms with Crippen LogP contribution in [0.1, 0.15) is 37.8 Å². The van der Waals surface area contributed by atoms with Crippen molar-refractivity contribution in [3.8, 4) is 0 Å². The number of anilines is 1. The highest BCUT2D eigenvalue weighted by Gasteiger charge is 2.23. The maximum atomic E-state index is 9.44. The zero-order valence-electron chi connectivity index (χ0n) is 12.0. The molecule has 0 atom stereocenters. The summed E-state index contributed by atoms with van der Waals surface area (Å²) in [4.78, 5) is 7.89. The molecule has 1 rings (SSSR count). The Labute approximate surface area is 119 Å². The van der Waals surface area contributed by atoms with E-state index in [0.717, 1.165) is 28.7 Å². The molecule has 0 unspecified atom stereocenters. The first-order chi connectivity index (χ1) is 8.40. The molecule has 5 heteroatoms. The van der Waals surface area contributed by atoms with Gasteiger partial charge in [0.25, 0.3) is 0 Å². The highest BCUT2D eigenvalue weighted by molar-refractivity contribution is 7.98. The topological polar surface area (TPSA) is 36.4 Å². The van der Waals surface area contributed by atoms with E-state index in [1.807, 2.05) is 11.8 Å². The van der Waals surface area contributed by atoms with Crippen LogP contribution < -0.4 is 4.90 Å². The number of aliphatic hydroxyl groups is 1. The van der Waals surface area contributed by atoms with Gasteiger partial charge in [0, 0.05) is 19.0 Å². The molecule has 1 aromatic heterocycles. The molecule has 1 N–H and O–H groups in total. The molecular formula is C13H24N2OS2. The molecule has 3 nitrogen and oxygen atoms in total. The Morgan fingerprint density at radius 2 is 2.06 bits per heavy atom. The van der Waals surface area contributed by atoms with Crippen LogP contribution in [0.25, 0.3) is 0 Å². The summed E-state index contributed by atoms with van der Waals surface area (Å²) in [5, 5.41) is 10.5. The van der Waals surface area contributed by atoms with Crippen molar-refractivity contribution in [3.05, 3.63) is 10.6 Å². The summed E-state index contributed by atoms with van der Waals surface area (Å²) < 4.78 is 0. The zero-order chi connectivity index (χ0) is 13.8. The Kier molecular flexibility index (Phi) is 5.95. The number of aliphatic hydroxyl groups excluding tert-OH is 1. The molecule has 1 heterocycles. The Hall–Kier alpha value is -0.260. The molecule has 0 saturated heterocycles. The van der Waals surface area contributed by atoms with Gasteiger partial charge in [-0.25, -0.2) is 4.98 Å². The van der Waals surface area contributed by atoms with E-state index in [-0.39, 0.29) is 12.0 Å². The number of aromatic nitrogens is 1. The summed E-state index contributed by atoms with van der Waals surface area (Å²) in [5.74, 6) is 1.18. The Morgan fingerprint density at radius 1 is 1.39 bits per heavy atom. The van der Waals surface area contributed by atoms with Gasteiger partial charge in [0.05, 0.1) is 17.2 Å². The number of thioether (sulfide) groups is 1. The summed E-state index contributed by atoms with van der Waals surface area (Å²) in [5.41, 5.74) is 1.02. The molecule has 0 aliphatic heterocycles. The third-order valence-corrected chi connectivity index (χ3v) is 4.56. The fraction of sp³-hybridized carbons (Fsp3) is 0.769. The minimum Gasteiger partial charge on any atom is -0.391 e. The van der Waals surface area contributed by atoms with Crippen molar-refractivity contribution in [2.24, 2.45) is 0 Å². The van der Waals surface area contributed by atoms with Gasteiger partial charge in [-0.05, 0) is 18.4 Å². The van der Waals surface area contributed by atoms with E-state index in [0.29, 0.717) is 0 Å². The molecule has 0 fully saturated rings. The molecule has 0 bridgehead atoms. The minimum absolute atomic E-state index is 0.00702. The number of thiazole rings is 1. The summed E-state index contributed by atoms with van der Waals surface area (Å²) in [6, 6.07) is 0. The van der Waals surface area contributed by atoms with E-state index in [1.165, 1.54) is 5.75 Å². The Morgan fingerprint density at radius 3 is 2.50 bits per heavy atom. The monoisotopic (exact) mass is 288 g/mol. The third kappa shape index (κ3) is 4.14.